The summed E-state index contributed by atoms with van der Waals surface area (Å²) in [5, 5.41) is 0. The first-order valence-corrected chi connectivity index (χ1v) is 8.39. The summed E-state index contributed by atoms with van der Waals surface area (Å²) in [6.07, 6.45) is 3.11. The first-order valence-electron chi connectivity index (χ1n) is 6.95. The predicted octanol–water partition coefficient (Wildman–Crippen LogP) is 2.58. The Morgan fingerprint density at radius 2 is 1.67 bits per heavy atom. The Labute approximate surface area is 125 Å². The molecule has 0 fully saturated rings. The normalized spacial score (nSPS) is 14.0. The van der Waals surface area contributed by atoms with Crippen molar-refractivity contribution in [3.8, 4) is 0 Å². The van der Waals surface area contributed by atoms with Crippen LogP contribution in [0.5, 0.6) is 0 Å². The zero-order valence-corrected chi connectivity index (χ0v) is 12.7. The molecule has 3 rings (SSSR count). The van der Waals surface area contributed by atoms with Crippen molar-refractivity contribution in [2.75, 3.05) is 17.1 Å². The van der Waals surface area contributed by atoms with E-state index >= 15 is 0 Å². The van der Waals surface area contributed by atoms with Crippen LogP contribution in [0.1, 0.15) is 17.5 Å². The molecule has 5 heteroatoms. The first-order chi connectivity index (χ1) is 9.98. The molecule has 0 bridgehead atoms. The van der Waals surface area contributed by atoms with Gasteiger partial charge in [-0.25, -0.2) is 8.42 Å². The van der Waals surface area contributed by atoms with Gasteiger partial charge in [0.05, 0.1) is 10.6 Å². The number of fused-ring (bicyclic) bond motifs is 1. The summed E-state index contributed by atoms with van der Waals surface area (Å²) < 4.78 is 26.7. The molecule has 1 aliphatic carbocycles. The van der Waals surface area contributed by atoms with Crippen LogP contribution in [-0.4, -0.2) is 15.5 Å². The van der Waals surface area contributed by atoms with Crippen molar-refractivity contribution < 1.29 is 8.42 Å². The number of anilines is 2. The van der Waals surface area contributed by atoms with Gasteiger partial charge in [0, 0.05) is 12.7 Å². The zero-order chi connectivity index (χ0) is 15.0. The molecule has 0 aromatic heterocycles. The van der Waals surface area contributed by atoms with Crippen molar-refractivity contribution in [1.82, 2.24) is 0 Å². The fourth-order valence-electron chi connectivity index (χ4n) is 2.69. The van der Waals surface area contributed by atoms with Gasteiger partial charge in [0.2, 0.25) is 0 Å². The van der Waals surface area contributed by atoms with Gasteiger partial charge in [-0.1, -0.05) is 6.07 Å². The van der Waals surface area contributed by atoms with Gasteiger partial charge in [-0.15, -0.1) is 0 Å². The lowest BCUT2D eigenvalue weighted by atomic mass is 10.1. The summed E-state index contributed by atoms with van der Waals surface area (Å²) in [4.78, 5) is 0.350. The van der Waals surface area contributed by atoms with E-state index < -0.39 is 10.0 Å². The van der Waals surface area contributed by atoms with Crippen LogP contribution in [0.3, 0.4) is 0 Å². The Balaban J connectivity index is 1.98. The van der Waals surface area contributed by atoms with Gasteiger partial charge in [0.15, 0.2) is 0 Å². The minimum absolute atomic E-state index is 0.350. The summed E-state index contributed by atoms with van der Waals surface area (Å²) in [5.41, 5.74) is 9.28. The molecular weight excluding hydrogens is 284 g/mol. The minimum Gasteiger partial charge on any atom is -0.399 e. The molecule has 0 amide bonds. The largest absolute Gasteiger partial charge is 0.399 e. The quantitative estimate of drug-likeness (QED) is 0.886. The summed E-state index contributed by atoms with van der Waals surface area (Å²) in [6.45, 7) is 0. The summed E-state index contributed by atoms with van der Waals surface area (Å²) in [5.74, 6) is 0. The molecule has 1 aliphatic rings. The number of benzene rings is 2. The molecule has 0 heterocycles. The van der Waals surface area contributed by atoms with E-state index in [0.717, 1.165) is 24.8 Å². The van der Waals surface area contributed by atoms with Crippen LogP contribution in [-0.2, 0) is 22.9 Å². The molecule has 0 aliphatic heterocycles. The molecule has 0 saturated heterocycles. The number of rotatable bonds is 3. The Bertz CT molecular complexity index is 767. The van der Waals surface area contributed by atoms with Crippen LogP contribution in [0.2, 0.25) is 0 Å². The number of hydrogen-bond acceptors (Lipinski definition) is 3. The molecule has 0 saturated carbocycles. The highest BCUT2D eigenvalue weighted by molar-refractivity contribution is 7.92. The van der Waals surface area contributed by atoms with Crippen molar-refractivity contribution >= 4 is 21.4 Å². The molecule has 0 unspecified atom stereocenters. The molecule has 2 aromatic rings. The van der Waals surface area contributed by atoms with Crippen molar-refractivity contribution in [3.63, 3.8) is 0 Å². The molecule has 2 aromatic carbocycles. The number of aryl methyl sites for hydroxylation is 2. The molecule has 0 atom stereocenters. The number of sulfonamides is 1. The second-order valence-electron chi connectivity index (χ2n) is 5.35. The highest BCUT2D eigenvalue weighted by Crippen LogP contribution is 2.28. The smallest absolute Gasteiger partial charge is 0.264 e. The Kier molecular flexibility index (Phi) is 3.37. The number of nitrogens with two attached hydrogens (primary N) is 1. The maximum absolute atomic E-state index is 12.7. The Hall–Kier alpha value is -2.01. The monoisotopic (exact) mass is 302 g/mol. The Morgan fingerprint density at radius 3 is 2.38 bits per heavy atom. The zero-order valence-electron chi connectivity index (χ0n) is 11.9. The van der Waals surface area contributed by atoms with Gasteiger partial charge in [-0.2, -0.15) is 0 Å². The molecule has 21 heavy (non-hydrogen) atoms. The van der Waals surface area contributed by atoms with Crippen molar-refractivity contribution in [2.45, 2.75) is 24.2 Å². The number of nitrogen functional groups attached to an aromatic ring is 1. The van der Waals surface area contributed by atoms with Crippen molar-refractivity contribution in [3.05, 3.63) is 53.6 Å². The molecule has 0 spiro atoms. The fraction of sp³-hybridized carbons (Fsp3) is 0.250. The first kappa shape index (κ1) is 13.9. The van der Waals surface area contributed by atoms with E-state index in [2.05, 4.69) is 0 Å². The second kappa shape index (κ2) is 5.07. The van der Waals surface area contributed by atoms with E-state index in [1.165, 1.54) is 9.87 Å². The third kappa shape index (κ3) is 2.49. The average molecular weight is 302 g/mol. The summed E-state index contributed by atoms with van der Waals surface area (Å²) in [6, 6.07) is 12.3. The lowest BCUT2D eigenvalue weighted by Gasteiger charge is -2.20. The van der Waals surface area contributed by atoms with Gasteiger partial charge in [0.1, 0.15) is 0 Å². The SMILES string of the molecule is CN(c1ccc(N)cc1)S(=O)(=O)c1ccc2c(c1)CCC2. The summed E-state index contributed by atoms with van der Waals surface area (Å²) >= 11 is 0. The molecular formula is C16H18N2O2S. The van der Waals surface area contributed by atoms with E-state index in [9.17, 15) is 8.42 Å². The molecule has 4 nitrogen and oxygen atoms in total. The minimum atomic E-state index is -3.53. The van der Waals surface area contributed by atoms with Gasteiger partial charge >= 0.3 is 0 Å². The highest BCUT2D eigenvalue weighted by Gasteiger charge is 2.23. The topological polar surface area (TPSA) is 63.4 Å². The Morgan fingerprint density at radius 1 is 1.00 bits per heavy atom. The second-order valence-corrected chi connectivity index (χ2v) is 7.32. The number of hydrogen-bond donors (Lipinski definition) is 1. The van der Waals surface area contributed by atoms with Crippen LogP contribution >= 0.6 is 0 Å². The van der Waals surface area contributed by atoms with E-state index in [4.69, 9.17) is 5.73 Å². The predicted molar refractivity (Wildman–Crippen MR) is 84.9 cm³/mol. The van der Waals surface area contributed by atoms with E-state index in [1.54, 1.807) is 37.4 Å². The van der Waals surface area contributed by atoms with E-state index in [1.807, 2.05) is 12.1 Å². The lowest BCUT2D eigenvalue weighted by molar-refractivity contribution is 0.594. The summed E-state index contributed by atoms with van der Waals surface area (Å²) in [7, 11) is -1.97. The maximum atomic E-state index is 12.7. The van der Waals surface area contributed by atoms with E-state index in [-0.39, 0.29) is 0 Å². The molecule has 2 N–H and O–H groups in total. The average Bonchev–Trinajstić information content (AvgIpc) is 2.94. The van der Waals surface area contributed by atoms with Crippen molar-refractivity contribution in [2.24, 2.45) is 0 Å². The molecule has 0 radical (unpaired) electrons. The van der Waals surface area contributed by atoms with Crippen LogP contribution in [0.15, 0.2) is 47.4 Å². The van der Waals surface area contributed by atoms with Gasteiger partial charge in [0.25, 0.3) is 10.0 Å². The van der Waals surface area contributed by atoms with Crippen LogP contribution in [0, 0.1) is 0 Å². The van der Waals surface area contributed by atoms with Gasteiger partial charge in [-0.05, 0) is 66.8 Å². The van der Waals surface area contributed by atoms with Crippen LogP contribution in [0.25, 0.3) is 0 Å². The highest BCUT2D eigenvalue weighted by atomic mass is 32.2. The van der Waals surface area contributed by atoms with E-state index in [0.29, 0.717) is 16.3 Å². The van der Waals surface area contributed by atoms with Gasteiger partial charge < -0.3 is 5.73 Å². The third-order valence-corrected chi connectivity index (χ3v) is 5.77. The molecule has 110 valence electrons. The third-order valence-electron chi connectivity index (χ3n) is 3.99. The maximum Gasteiger partial charge on any atom is 0.264 e. The van der Waals surface area contributed by atoms with Crippen LogP contribution < -0.4 is 10.0 Å². The number of nitrogens with zero attached hydrogens (tertiary/aromatic N) is 1. The van der Waals surface area contributed by atoms with Gasteiger partial charge in [-0.3, -0.25) is 4.31 Å². The standard InChI is InChI=1S/C16H18N2O2S/c1-18(15-8-6-14(17)7-9-15)21(19,20)16-10-5-12-3-2-4-13(12)11-16/h5-11H,2-4,17H2,1H3. The van der Waals surface area contributed by atoms with Crippen molar-refractivity contribution in [1.29, 1.82) is 0 Å². The van der Waals surface area contributed by atoms with Crippen LogP contribution in [0.4, 0.5) is 11.4 Å². The lowest BCUT2D eigenvalue weighted by Crippen LogP contribution is -2.26. The fourth-order valence-corrected chi connectivity index (χ4v) is 3.94.